The molecule has 0 aliphatic rings. The Morgan fingerprint density at radius 3 is 2.50 bits per heavy atom. The van der Waals surface area contributed by atoms with Crippen LogP contribution in [-0.2, 0) is 4.79 Å². The predicted molar refractivity (Wildman–Crippen MR) is 58.2 cm³/mol. The lowest BCUT2D eigenvalue weighted by molar-refractivity contribution is -0.119. The molecule has 0 saturated heterocycles. The molecule has 0 bridgehead atoms. The van der Waals surface area contributed by atoms with Crippen LogP contribution in [0.4, 0.5) is 0 Å². The largest absolute Gasteiger partial charge is 0.304 e. The molecule has 1 aromatic carbocycles. The number of ketones is 1. The molecular weight excluding hydrogens is 174 g/mol. The van der Waals surface area contributed by atoms with Gasteiger partial charge in [-0.1, -0.05) is 37.3 Å². The summed E-state index contributed by atoms with van der Waals surface area (Å²) in [5.41, 5.74) is 1.05. The first-order valence-corrected chi connectivity index (χ1v) is 5.04. The van der Waals surface area contributed by atoms with Crippen LogP contribution in [0.5, 0.6) is 0 Å². The van der Waals surface area contributed by atoms with Crippen molar-refractivity contribution in [3.05, 3.63) is 35.9 Å². The van der Waals surface area contributed by atoms with Gasteiger partial charge >= 0.3 is 0 Å². The van der Waals surface area contributed by atoms with Crippen molar-refractivity contribution in [2.45, 2.75) is 26.3 Å². The molecule has 14 heavy (non-hydrogen) atoms. The molecule has 0 aliphatic carbocycles. The average molecular weight is 191 g/mol. The summed E-state index contributed by atoms with van der Waals surface area (Å²) in [7, 11) is 0. The normalized spacial score (nSPS) is 12.4. The summed E-state index contributed by atoms with van der Waals surface area (Å²) in [6.07, 6.45) is 1.04. The van der Waals surface area contributed by atoms with Crippen LogP contribution in [-0.4, -0.2) is 12.3 Å². The molecule has 1 aromatic rings. The van der Waals surface area contributed by atoms with Gasteiger partial charge in [0.05, 0.1) is 6.04 Å². The zero-order valence-corrected chi connectivity index (χ0v) is 8.79. The van der Waals surface area contributed by atoms with Crippen molar-refractivity contribution in [1.29, 1.82) is 0 Å². The van der Waals surface area contributed by atoms with Crippen LogP contribution in [0, 0.1) is 0 Å². The van der Waals surface area contributed by atoms with Crippen molar-refractivity contribution in [1.82, 2.24) is 5.32 Å². The first-order chi connectivity index (χ1) is 6.75. The van der Waals surface area contributed by atoms with Gasteiger partial charge in [-0.15, -0.1) is 0 Å². The number of nitrogens with one attached hydrogen (secondary N) is 1. The van der Waals surface area contributed by atoms with Gasteiger partial charge < -0.3 is 5.32 Å². The highest BCUT2D eigenvalue weighted by molar-refractivity contribution is 5.82. The summed E-state index contributed by atoms with van der Waals surface area (Å²) in [4.78, 5) is 11.4. The molecule has 0 amide bonds. The van der Waals surface area contributed by atoms with Crippen LogP contribution in [0.3, 0.4) is 0 Å². The fourth-order valence-corrected chi connectivity index (χ4v) is 1.43. The molecule has 76 valence electrons. The van der Waals surface area contributed by atoms with Crippen molar-refractivity contribution in [2.24, 2.45) is 0 Å². The van der Waals surface area contributed by atoms with E-state index in [-0.39, 0.29) is 11.8 Å². The Bertz CT molecular complexity index is 282. The third kappa shape index (κ3) is 2.96. The van der Waals surface area contributed by atoms with E-state index in [1.807, 2.05) is 30.3 Å². The summed E-state index contributed by atoms with van der Waals surface area (Å²) in [6, 6.07) is 9.69. The lowest BCUT2D eigenvalue weighted by Gasteiger charge is -2.15. The Morgan fingerprint density at radius 2 is 2.00 bits per heavy atom. The maximum absolute atomic E-state index is 11.4. The molecule has 0 aromatic heterocycles. The molecule has 0 heterocycles. The zero-order valence-electron chi connectivity index (χ0n) is 8.79. The number of rotatable bonds is 5. The fourth-order valence-electron chi connectivity index (χ4n) is 1.43. The Hall–Kier alpha value is -1.15. The predicted octanol–water partition coefficient (Wildman–Crippen LogP) is 2.32. The minimum absolute atomic E-state index is 0.142. The highest BCUT2D eigenvalue weighted by atomic mass is 16.1. The third-order valence-electron chi connectivity index (χ3n) is 2.14. The molecule has 0 fully saturated rings. The van der Waals surface area contributed by atoms with E-state index in [9.17, 15) is 4.79 Å². The zero-order chi connectivity index (χ0) is 10.4. The SMILES string of the molecule is CCCNC(C(C)=O)c1ccccc1. The van der Waals surface area contributed by atoms with Gasteiger partial charge in [-0.25, -0.2) is 0 Å². The summed E-state index contributed by atoms with van der Waals surface area (Å²) >= 11 is 0. The summed E-state index contributed by atoms with van der Waals surface area (Å²) in [5, 5.41) is 3.24. The average Bonchev–Trinajstić information content (AvgIpc) is 2.19. The molecule has 0 spiro atoms. The van der Waals surface area contributed by atoms with E-state index in [4.69, 9.17) is 0 Å². The molecule has 2 heteroatoms. The summed E-state index contributed by atoms with van der Waals surface area (Å²) < 4.78 is 0. The third-order valence-corrected chi connectivity index (χ3v) is 2.14. The van der Waals surface area contributed by atoms with E-state index >= 15 is 0 Å². The molecule has 0 aliphatic heterocycles. The van der Waals surface area contributed by atoms with Crippen LogP contribution in [0.25, 0.3) is 0 Å². The van der Waals surface area contributed by atoms with E-state index in [0.717, 1.165) is 18.5 Å². The van der Waals surface area contributed by atoms with E-state index in [1.165, 1.54) is 0 Å². The van der Waals surface area contributed by atoms with Crippen molar-refractivity contribution >= 4 is 5.78 Å². The molecule has 0 radical (unpaired) electrons. The number of Topliss-reactive ketones (excluding diaryl/α,β-unsaturated/α-hetero) is 1. The Labute approximate surface area is 85.3 Å². The second-order valence-electron chi connectivity index (χ2n) is 3.41. The minimum atomic E-state index is -0.142. The van der Waals surface area contributed by atoms with Crippen molar-refractivity contribution in [2.75, 3.05) is 6.54 Å². The standard InChI is InChI=1S/C12H17NO/c1-3-9-13-12(10(2)14)11-7-5-4-6-8-11/h4-8,12-13H,3,9H2,1-2H3. The Balaban J connectivity index is 2.73. The van der Waals surface area contributed by atoms with Gasteiger partial charge in [0.15, 0.2) is 5.78 Å². The van der Waals surface area contributed by atoms with Gasteiger partial charge in [-0.3, -0.25) is 4.79 Å². The number of benzene rings is 1. The molecule has 1 atom stereocenters. The van der Waals surface area contributed by atoms with E-state index in [2.05, 4.69) is 12.2 Å². The first-order valence-electron chi connectivity index (χ1n) is 5.04. The van der Waals surface area contributed by atoms with E-state index in [0.29, 0.717) is 0 Å². The first kappa shape index (κ1) is 10.9. The van der Waals surface area contributed by atoms with Gasteiger partial charge in [0.2, 0.25) is 0 Å². The maximum atomic E-state index is 11.4. The second kappa shape index (κ2) is 5.55. The van der Waals surface area contributed by atoms with Crippen LogP contribution < -0.4 is 5.32 Å². The quantitative estimate of drug-likeness (QED) is 0.773. The van der Waals surface area contributed by atoms with E-state index in [1.54, 1.807) is 6.92 Å². The highest BCUT2D eigenvalue weighted by Gasteiger charge is 2.14. The molecule has 2 nitrogen and oxygen atoms in total. The van der Waals surface area contributed by atoms with Crippen LogP contribution in [0.2, 0.25) is 0 Å². The Kier molecular flexibility index (Phi) is 4.33. The summed E-state index contributed by atoms with van der Waals surface area (Å²) in [5.74, 6) is 0.171. The Morgan fingerprint density at radius 1 is 1.36 bits per heavy atom. The van der Waals surface area contributed by atoms with Crippen LogP contribution in [0.15, 0.2) is 30.3 Å². The molecule has 1 rings (SSSR count). The van der Waals surface area contributed by atoms with E-state index < -0.39 is 0 Å². The summed E-state index contributed by atoms with van der Waals surface area (Å²) in [6.45, 7) is 4.59. The lowest BCUT2D eigenvalue weighted by Crippen LogP contribution is -2.27. The van der Waals surface area contributed by atoms with Crippen LogP contribution >= 0.6 is 0 Å². The number of hydrogen-bond donors (Lipinski definition) is 1. The number of carbonyl (C=O) groups is 1. The topological polar surface area (TPSA) is 29.1 Å². The lowest BCUT2D eigenvalue weighted by atomic mass is 10.0. The molecule has 1 N–H and O–H groups in total. The van der Waals surface area contributed by atoms with Crippen LogP contribution in [0.1, 0.15) is 31.9 Å². The molecule has 0 saturated carbocycles. The monoisotopic (exact) mass is 191 g/mol. The second-order valence-corrected chi connectivity index (χ2v) is 3.41. The molecular formula is C12H17NO. The van der Waals surface area contributed by atoms with Crippen molar-refractivity contribution < 1.29 is 4.79 Å². The van der Waals surface area contributed by atoms with Gasteiger partial charge in [0, 0.05) is 0 Å². The smallest absolute Gasteiger partial charge is 0.151 e. The van der Waals surface area contributed by atoms with Gasteiger partial charge in [-0.05, 0) is 25.5 Å². The van der Waals surface area contributed by atoms with Gasteiger partial charge in [0.25, 0.3) is 0 Å². The minimum Gasteiger partial charge on any atom is -0.304 e. The fraction of sp³-hybridized carbons (Fsp3) is 0.417. The highest BCUT2D eigenvalue weighted by Crippen LogP contribution is 2.12. The van der Waals surface area contributed by atoms with Crippen molar-refractivity contribution in [3.63, 3.8) is 0 Å². The number of hydrogen-bond acceptors (Lipinski definition) is 2. The van der Waals surface area contributed by atoms with Gasteiger partial charge in [-0.2, -0.15) is 0 Å². The van der Waals surface area contributed by atoms with Crippen molar-refractivity contribution in [3.8, 4) is 0 Å². The maximum Gasteiger partial charge on any atom is 0.151 e. The molecule has 1 unspecified atom stereocenters. The number of carbonyl (C=O) groups excluding carboxylic acids is 1. The van der Waals surface area contributed by atoms with Gasteiger partial charge in [0.1, 0.15) is 0 Å².